The number of hydrogen-bond donors (Lipinski definition) is 1. The second-order valence-electron chi connectivity index (χ2n) is 9.01. The fourth-order valence-corrected chi connectivity index (χ4v) is 5.53. The smallest absolute Gasteiger partial charge is 0.307 e. The van der Waals surface area contributed by atoms with Crippen LogP contribution in [-0.2, 0) is 34.3 Å². The molecule has 1 N–H and O–H groups in total. The summed E-state index contributed by atoms with van der Waals surface area (Å²) in [4.78, 5) is 27.2. The van der Waals surface area contributed by atoms with Crippen LogP contribution >= 0.6 is 0 Å². The number of carbonyl (C=O) groups excluding carboxylic acids is 1. The lowest BCUT2D eigenvalue weighted by Gasteiger charge is -2.36. The maximum atomic E-state index is 13.7. The van der Waals surface area contributed by atoms with E-state index in [1.54, 1.807) is 12.1 Å². The lowest BCUT2D eigenvalue weighted by Crippen LogP contribution is -2.48. The SMILES string of the molecule is CCN(C(=O)C1(c2ccc(F)cc2)CC1)[C@@H]1CCc2c(CC(=O)O)c3ccccn3c2C1. The van der Waals surface area contributed by atoms with Crippen molar-refractivity contribution in [3.05, 3.63) is 76.9 Å². The highest BCUT2D eigenvalue weighted by atomic mass is 19.1. The van der Waals surface area contributed by atoms with E-state index in [2.05, 4.69) is 4.40 Å². The number of rotatable bonds is 6. The molecule has 2 heterocycles. The Hall–Kier alpha value is -3.15. The van der Waals surface area contributed by atoms with Crippen molar-refractivity contribution in [2.75, 3.05) is 6.54 Å². The van der Waals surface area contributed by atoms with Gasteiger partial charge in [0.15, 0.2) is 0 Å². The van der Waals surface area contributed by atoms with E-state index in [0.717, 1.165) is 53.6 Å². The average molecular weight is 435 g/mol. The maximum Gasteiger partial charge on any atom is 0.307 e. The van der Waals surface area contributed by atoms with E-state index in [1.165, 1.54) is 12.1 Å². The van der Waals surface area contributed by atoms with Crippen molar-refractivity contribution in [1.82, 2.24) is 9.30 Å². The van der Waals surface area contributed by atoms with E-state index in [4.69, 9.17) is 0 Å². The number of halogens is 1. The first-order valence-corrected chi connectivity index (χ1v) is 11.3. The Kier molecular flexibility index (Phi) is 5.03. The van der Waals surface area contributed by atoms with Crippen molar-refractivity contribution in [2.24, 2.45) is 0 Å². The summed E-state index contributed by atoms with van der Waals surface area (Å²) in [6, 6.07) is 12.3. The van der Waals surface area contributed by atoms with Crippen LogP contribution in [-0.4, -0.2) is 38.9 Å². The van der Waals surface area contributed by atoms with Crippen LogP contribution in [0.4, 0.5) is 4.39 Å². The molecule has 166 valence electrons. The third-order valence-electron chi connectivity index (χ3n) is 7.26. The number of hydrogen-bond acceptors (Lipinski definition) is 2. The van der Waals surface area contributed by atoms with E-state index < -0.39 is 11.4 Å². The zero-order valence-corrected chi connectivity index (χ0v) is 18.2. The first-order valence-electron chi connectivity index (χ1n) is 11.3. The van der Waals surface area contributed by atoms with Gasteiger partial charge in [-0.25, -0.2) is 4.39 Å². The highest BCUT2D eigenvalue weighted by molar-refractivity contribution is 5.91. The minimum absolute atomic E-state index is 0.0115. The molecular formula is C26H27FN2O3. The molecule has 32 heavy (non-hydrogen) atoms. The van der Waals surface area contributed by atoms with Gasteiger partial charge in [0.25, 0.3) is 0 Å². The first kappa shape index (κ1) is 20.7. The Bertz CT molecular complexity index is 1190. The molecule has 0 bridgehead atoms. The van der Waals surface area contributed by atoms with Crippen LogP contribution in [0.15, 0.2) is 48.7 Å². The molecule has 0 unspecified atom stereocenters. The van der Waals surface area contributed by atoms with Gasteiger partial charge in [-0.05, 0) is 73.6 Å². The Labute approximate surface area is 186 Å². The topological polar surface area (TPSA) is 62.0 Å². The van der Waals surface area contributed by atoms with Gasteiger partial charge >= 0.3 is 5.97 Å². The Morgan fingerprint density at radius 3 is 2.59 bits per heavy atom. The molecule has 1 amide bonds. The highest BCUT2D eigenvalue weighted by Crippen LogP contribution is 2.50. The van der Waals surface area contributed by atoms with Gasteiger partial charge in [0.05, 0.1) is 11.8 Å². The number of carbonyl (C=O) groups is 2. The van der Waals surface area contributed by atoms with Crippen LogP contribution in [0.1, 0.15) is 48.6 Å². The first-order chi connectivity index (χ1) is 15.4. The number of carboxylic acid groups (broad SMARTS) is 1. The van der Waals surface area contributed by atoms with Gasteiger partial charge in [-0.2, -0.15) is 0 Å². The molecule has 2 aromatic heterocycles. The quantitative estimate of drug-likeness (QED) is 0.634. The van der Waals surface area contributed by atoms with Gasteiger partial charge in [-0.1, -0.05) is 18.2 Å². The number of aliphatic carboxylic acids is 1. The summed E-state index contributed by atoms with van der Waals surface area (Å²) >= 11 is 0. The van der Waals surface area contributed by atoms with Crippen molar-refractivity contribution < 1.29 is 19.1 Å². The van der Waals surface area contributed by atoms with Crippen molar-refractivity contribution >= 4 is 17.4 Å². The van der Waals surface area contributed by atoms with Crippen molar-refractivity contribution in [3.8, 4) is 0 Å². The highest BCUT2D eigenvalue weighted by Gasteiger charge is 2.53. The van der Waals surface area contributed by atoms with Gasteiger partial charge in [0.2, 0.25) is 5.91 Å². The number of carboxylic acids is 1. The average Bonchev–Trinajstić information content (AvgIpc) is 3.55. The Morgan fingerprint density at radius 1 is 1.19 bits per heavy atom. The minimum Gasteiger partial charge on any atom is -0.481 e. The van der Waals surface area contributed by atoms with Crippen LogP contribution < -0.4 is 0 Å². The van der Waals surface area contributed by atoms with Crippen LogP contribution in [0.25, 0.3) is 5.52 Å². The summed E-state index contributed by atoms with van der Waals surface area (Å²) in [7, 11) is 0. The van der Waals surface area contributed by atoms with Gasteiger partial charge in [0, 0.05) is 36.4 Å². The van der Waals surface area contributed by atoms with Gasteiger partial charge < -0.3 is 14.4 Å². The van der Waals surface area contributed by atoms with Gasteiger partial charge in [0.1, 0.15) is 5.82 Å². The molecule has 1 atom stereocenters. The van der Waals surface area contributed by atoms with Gasteiger partial charge in [-0.15, -0.1) is 0 Å². The zero-order valence-electron chi connectivity index (χ0n) is 18.2. The van der Waals surface area contributed by atoms with E-state index >= 15 is 0 Å². The third kappa shape index (κ3) is 3.29. The predicted molar refractivity (Wildman–Crippen MR) is 119 cm³/mol. The molecule has 1 fully saturated rings. The summed E-state index contributed by atoms with van der Waals surface area (Å²) < 4.78 is 15.5. The molecule has 5 rings (SSSR count). The molecule has 1 saturated carbocycles. The number of benzene rings is 1. The maximum absolute atomic E-state index is 13.7. The summed E-state index contributed by atoms with van der Waals surface area (Å²) in [5.74, 6) is -0.986. The molecule has 0 aliphatic heterocycles. The molecule has 3 aromatic rings. The molecule has 2 aliphatic rings. The molecule has 1 aromatic carbocycles. The van der Waals surface area contributed by atoms with E-state index in [-0.39, 0.29) is 24.2 Å². The van der Waals surface area contributed by atoms with Crippen molar-refractivity contribution in [2.45, 2.75) is 56.9 Å². The van der Waals surface area contributed by atoms with Gasteiger partial charge in [-0.3, -0.25) is 9.59 Å². The van der Waals surface area contributed by atoms with E-state index in [0.29, 0.717) is 13.0 Å². The molecular weight excluding hydrogens is 407 g/mol. The number of pyridine rings is 1. The van der Waals surface area contributed by atoms with Crippen LogP contribution in [0.2, 0.25) is 0 Å². The number of nitrogens with zero attached hydrogens (tertiary/aromatic N) is 2. The fraction of sp³-hybridized carbons (Fsp3) is 0.385. The summed E-state index contributed by atoms with van der Waals surface area (Å²) in [6.45, 7) is 2.63. The monoisotopic (exact) mass is 434 g/mol. The number of amides is 1. The summed E-state index contributed by atoms with van der Waals surface area (Å²) in [5.41, 5.74) is 4.45. The lowest BCUT2D eigenvalue weighted by molar-refractivity contribution is -0.137. The van der Waals surface area contributed by atoms with Crippen LogP contribution in [0.3, 0.4) is 0 Å². The molecule has 0 spiro atoms. The normalized spacial score (nSPS) is 18.9. The van der Waals surface area contributed by atoms with E-state index in [9.17, 15) is 19.1 Å². The predicted octanol–water partition coefficient (Wildman–Crippen LogP) is 4.14. The molecule has 2 aliphatic carbocycles. The van der Waals surface area contributed by atoms with Crippen molar-refractivity contribution in [1.29, 1.82) is 0 Å². The Morgan fingerprint density at radius 2 is 1.94 bits per heavy atom. The molecule has 5 nitrogen and oxygen atoms in total. The minimum atomic E-state index is -0.827. The van der Waals surface area contributed by atoms with Crippen LogP contribution in [0.5, 0.6) is 0 Å². The Balaban J connectivity index is 1.46. The lowest BCUT2D eigenvalue weighted by atomic mass is 9.87. The third-order valence-corrected chi connectivity index (χ3v) is 7.26. The van der Waals surface area contributed by atoms with Crippen LogP contribution in [0, 0.1) is 5.82 Å². The molecule has 6 heteroatoms. The second-order valence-corrected chi connectivity index (χ2v) is 9.01. The molecule has 0 saturated heterocycles. The fourth-order valence-electron chi connectivity index (χ4n) is 5.53. The number of aromatic nitrogens is 1. The van der Waals surface area contributed by atoms with Crippen molar-refractivity contribution in [3.63, 3.8) is 0 Å². The second kappa shape index (κ2) is 7.76. The summed E-state index contributed by atoms with van der Waals surface area (Å²) in [5, 5.41) is 9.43. The zero-order chi connectivity index (χ0) is 22.5. The number of fused-ring (bicyclic) bond motifs is 3. The summed E-state index contributed by atoms with van der Waals surface area (Å²) in [6.07, 6.45) is 5.87. The molecule has 0 radical (unpaired) electrons. The van der Waals surface area contributed by atoms with E-state index in [1.807, 2.05) is 36.2 Å². The largest absolute Gasteiger partial charge is 0.481 e. The standard InChI is InChI=1S/C26H27FN2O3/c1-2-28(25(32)26(12-13-26)17-6-8-18(27)9-7-17)19-10-11-20-21(16-24(30)31)22-5-3-4-14-29(22)23(20)15-19/h3-9,14,19H,2,10-13,15-16H2,1H3,(H,30,31)/t19-/m1/s1. The number of likely N-dealkylation sites (N-methyl/N-ethyl adjacent to an activating group) is 1.